The van der Waals surface area contributed by atoms with Gasteiger partial charge in [-0.1, -0.05) is 28.0 Å². The zero-order valence-electron chi connectivity index (χ0n) is 15.6. The minimum Gasteiger partial charge on any atom is -0.471 e. The van der Waals surface area contributed by atoms with E-state index in [1.54, 1.807) is 12.4 Å². The number of ether oxygens (including phenoxy) is 1. The van der Waals surface area contributed by atoms with Crippen LogP contribution in [0, 0.1) is 0 Å². The molecule has 0 N–H and O–H groups in total. The molecule has 6 nitrogen and oxygen atoms in total. The molecule has 0 aromatic carbocycles. The number of carbonyl (C=O) groups is 1. The predicted octanol–water partition coefficient (Wildman–Crippen LogP) is 3.24. The molecule has 1 aromatic rings. The summed E-state index contributed by atoms with van der Waals surface area (Å²) < 4.78 is 5.94. The Bertz CT molecular complexity index is 596. The fourth-order valence-electron chi connectivity index (χ4n) is 3.20. The van der Waals surface area contributed by atoms with Crippen LogP contribution in [0.3, 0.4) is 0 Å². The van der Waals surface area contributed by atoms with Crippen LogP contribution in [0.15, 0.2) is 12.4 Å². The van der Waals surface area contributed by atoms with Crippen molar-refractivity contribution in [1.82, 2.24) is 14.9 Å². The first kappa shape index (κ1) is 19.6. The predicted molar refractivity (Wildman–Crippen MR) is 109 cm³/mol. The van der Waals surface area contributed by atoms with Gasteiger partial charge in [0.2, 0.25) is 11.8 Å². The maximum atomic E-state index is 12.4. The van der Waals surface area contributed by atoms with Crippen molar-refractivity contribution in [3.63, 3.8) is 0 Å². The topological polar surface area (TPSA) is 58.6 Å². The highest BCUT2D eigenvalue weighted by atomic mass is 33.1. The maximum Gasteiger partial charge on any atom is 0.234 e. The molecule has 26 heavy (non-hydrogen) atoms. The summed E-state index contributed by atoms with van der Waals surface area (Å²) in [5.74, 6) is 2.85. The van der Waals surface area contributed by atoms with Crippen LogP contribution in [-0.2, 0) is 4.79 Å². The van der Waals surface area contributed by atoms with E-state index in [0.29, 0.717) is 18.8 Å². The molecule has 0 radical (unpaired) electrons. The molecule has 0 aliphatic carbocycles. The summed E-state index contributed by atoms with van der Waals surface area (Å²) in [5.41, 5.74) is 0. The van der Waals surface area contributed by atoms with E-state index in [4.69, 9.17) is 4.74 Å². The second kappa shape index (κ2) is 9.69. The maximum absolute atomic E-state index is 12.4. The minimum atomic E-state index is 0.0116. The summed E-state index contributed by atoms with van der Waals surface area (Å²) in [7, 11) is 7.86. The number of hydrogen-bond acceptors (Lipinski definition) is 7. The van der Waals surface area contributed by atoms with Crippen molar-refractivity contribution in [3.8, 4) is 5.88 Å². The molecule has 2 aliphatic heterocycles. The smallest absolute Gasteiger partial charge is 0.234 e. The van der Waals surface area contributed by atoms with Crippen LogP contribution in [0.4, 0.5) is 5.82 Å². The van der Waals surface area contributed by atoms with E-state index in [9.17, 15) is 4.79 Å². The van der Waals surface area contributed by atoms with Crippen molar-refractivity contribution in [2.45, 2.75) is 49.9 Å². The first-order valence-corrected chi connectivity index (χ1v) is 11.7. The number of likely N-dealkylation sites (tertiary alicyclic amines) is 1. The van der Waals surface area contributed by atoms with Gasteiger partial charge in [0.15, 0.2) is 5.82 Å². The average Bonchev–Trinajstić information content (AvgIpc) is 3.31. The second-order valence-electron chi connectivity index (χ2n) is 7.05. The van der Waals surface area contributed by atoms with Crippen LogP contribution >= 0.6 is 21.6 Å². The van der Waals surface area contributed by atoms with E-state index >= 15 is 0 Å². The van der Waals surface area contributed by atoms with Crippen molar-refractivity contribution >= 4 is 33.3 Å². The zero-order valence-corrected chi connectivity index (χ0v) is 17.2. The van der Waals surface area contributed by atoms with Gasteiger partial charge in [0.25, 0.3) is 0 Å². The molecular weight excluding hydrogens is 368 g/mol. The lowest BCUT2D eigenvalue weighted by Crippen LogP contribution is -2.30. The summed E-state index contributed by atoms with van der Waals surface area (Å²) >= 11 is 0. The highest BCUT2D eigenvalue weighted by molar-refractivity contribution is 8.77. The Hall–Kier alpha value is -1.15. The number of aromatic nitrogens is 2. The summed E-state index contributed by atoms with van der Waals surface area (Å²) in [4.78, 5) is 24.9. The Morgan fingerprint density at radius 1 is 1.35 bits per heavy atom. The summed E-state index contributed by atoms with van der Waals surface area (Å²) in [6.45, 7) is 1.43. The number of amides is 1. The Morgan fingerprint density at radius 2 is 2.23 bits per heavy atom. The molecule has 2 aliphatic rings. The first-order valence-electron chi connectivity index (χ1n) is 9.34. The largest absolute Gasteiger partial charge is 0.471 e. The molecule has 2 saturated heterocycles. The number of anilines is 1. The van der Waals surface area contributed by atoms with E-state index in [1.807, 2.05) is 45.5 Å². The summed E-state index contributed by atoms with van der Waals surface area (Å²) in [5, 5.41) is 0.804. The van der Waals surface area contributed by atoms with E-state index in [-0.39, 0.29) is 12.0 Å². The zero-order chi connectivity index (χ0) is 18.4. The van der Waals surface area contributed by atoms with Crippen molar-refractivity contribution in [2.24, 2.45) is 0 Å². The first-order chi connectivity index (χ1) is 12.6. The van der Waals surface area contributed by atoms with Gasteiger partial charge in [0.1, 0.15) is 6.10 Å². The van der Waals surface area contributed by atoms with Gasteiger partial charge in [-0.25, -0.2) is 0 Å². The second-order valence-corrected chi connectivity index (χ2v) is 9.84. The van der Waals surface area contributed by atoms with Gasteiger partial charge in [0, 0.05) is 44.5 Å². The lowest BCUT2D eigenvalue weighted by molar-refractivity contribution is -0.130. The normalized spacial score (nSPS) is 22.6. The van der Waals surface area contributed by atoms with Crippen molar-refractivity contribution in [2.75, 3.05) is 37.8 Å². The van der Waals surface area contributed by atoms with E-state index in [0.717, 1.165) is 36.9 Å². The number of carbonyl (C=O) groups excluding carboxylic acids is 1. The van der Waals surface area contributed by atoms with E-state index < -0.39 is 0 Å². The quantitative estimate of drug-likeness (QED) is 0.494. The molecule has 2 unspecified atom stereocenters. The van der Waals surface area contributed by atoms with Gasteiger partial charge in [-0.05, 0) is 19.3 Å². The molecule has 0 bridgehead atoms. The molecule has 2 atom stereocenters. The number of unbranched alkanes of at least 4 members (excludes halogenated alkanes) is 1. The fourth-order valence-corrected chi connectivity index (χ4v) is 6.23. The highest BCUT2D eigenvalue weighted by Gasteiger charge is 2.27. The van der Waals surface area contributed by atoms with Gasteiger partial charge in [-0.3, -0.25) is 9.78 Å². The minimum absolute atomic E-state index is 0.0116. The third-order valence-electron chi connectivity index (χ3n) is 4.74. The molecule has 0 spiro atoms. The Morgan fingerprint density at radius 3 is 3.00 bits per heavy atom. The van der Waals surface area contributed by atoms with Crippen LogP contribution in [-0.4, -0.2) is 65.1 Å². The molecular formula is C18H28N4O2S2. The number of hydrogen-bond donors (Lipinski definition) is 0. The summed E-state index contributed by atoms with van der Waals surface area (Å²) in [6.07, 6.45) is 9.60. The third-order valence-corrected chi connectivity index (χ3v) is 7.74. The molecule has 3 heterocycles. The van der Waals surface area contributed by atoms with E-state index in [1.165, 1.54) is 18.6 Å². The molecule has 1 amide bonds. The van der Waals surface area contributed by atoms with Gasteiger partial charge in [0.05, 0.1) is 18.9 Å². The molecule has 8 heteroatoms. The number of rotatable bonds is 8. The van der Waals surface area contributed by atoms with E-state index in [2.05, 4.69) is 9.97 Å². The summed E-state index contributed by atoms with van der Waals surface area (Å²) in [6, 6.07) is 0. The lowest BCUT2D eigenvalue weighted by atomic mass is 10.1. The van der Waals surface area contributed by atoms with Crippen molar-refractivity contribution in [3.05, 3.63) is 12.4 Å². The molecule has 3 rings (SSSR count). The van der Waals surface area contributed by atoms with Crippen LogP contribution in [0.25, 0.3) is 0 Å². The van der Waals surface area contributed by atoms with Gasteiger partial charge < -0.3 is 14.5 Å². The Kier molecular flexibility index (Phi) is 7.31. The van der Waals surface area contributed by atoms with Crippen molar-refractivity contribution < 1.29 is 9.53 Å². The Balaban J connectivity index is 1.37. The average molecular weight is 397 g/mol. The van der Waals surface area contributed by atoms with Crippen LogP contribution in [0.1, 0.15) is 38.5 Å². The van der Waals surface area contributed by atoms with Crippen LogP contribution in [0.5, 0.6) is 5.88 Å². The highest BCUT2D eigenvalue weighted by Crippen LogP contribution is 2.39. The molecule has 144 valence electrons. The molecule has 2 fully saturated rings. The monoisotopic (exact) mass is 396 g/mol. The Labute approximate surface area is 163 Å². The SMILES string of the molecule is CN(C)c1cncc(OC2CCN(C(=O)CCCCC3CCSS3)C2)n1. The molecule has 0 saturated carbocycles. The standard InChI is InChI=1S/C18H28N4O2S2/c1-21(2)16-11-19-12-17(20-16)24-14-7-9-22(13-14)18(23)6-4-3-5-15-8-10-25-26-15/h11-12,14-15H,3-10,13H2,1-2H3. The van der Waals surface area contributed by atoms with Crippen LogP contribution < -0.4 is 9.64 Å². The van der Waals surface area contributed by atoms with Crippen LogP contribution in [0.2, 0.25) is 0 Å². The molecule has 1 aromatic heterocycles. The van der Waals surface area contributed by atoms with Crippen molar-refractivity contribution in [1.29, 1.82) is 0 Å². The van der Waals surface area contributed by atoms with Gasteiger partial charge in [-0.2, -0.15) is 4.98 Å². The fraction of sp³-hybridized carbons (Fsp3) is 0.722. The lowest BCUT2D eigenvalue weighted by Gasteiger charge is -2.18. The number of nitrogens with zero attached hydrogens (tertiary/aromatic N) is 4. The van der Waals surface area contributed by atoms with Gasteiger partial charge >= 0.3 is 0 Å². The van der Waals surface area contributed by atoms with Gasteiger partial charge in [-0.15, -0.1) is 0 Å². The third kappa shape index (κ3) is 5.67.